The summed E-state index contributed by atoms with van der Waals surface area (Å²) < 4.78 is 30.8. The number of nitrogens with zero attached hydrogens (tertiary/aromatic N) is 1. The van der Waals surface area contributed by atoms with Crippen LogP contribution in [-0.4, -0.2) is 4.98 Å². The van der Waals surface area contributed by atoms with E-state index in [2.05, 4.69) is 4.98 Å². The van der Waals surface area contributed by atoms with Crippen LogP contribution in [0.4, 0.5) is 8.78 Å². The highest BCUT2D eigenvalue weighted by molar-refractivity contribution is 5.24. The van der Waals surface area contributed by atoms with E-state index in [9.17, 15) is 8.78 Å². The van der Waals surface area contributed by atoms with Gasteiger partial charge in [-0.3, -0.25) is 0 Å². The predicted molar refractivity (Wildman–Crippen MR) is 54.6 cm³/mol. The summed E-state index contributed by atoms with van der Waals surface area (Å²) in [5, 5.41) is 0. The van der Waals surface area contributed by atoms with Gasteiger partial charge in [-0.15, -0.1) is 0 Å². The molecule has 0 aliphatic rings. The number of ether oxygens (including phenoxy) is 1. The second kappa shape index (κ2) is 4.70. The Morgan fingerprint density at radius 2 is 1.81 bits per heavy atom. The molecule has 81 valence electrons. The lowest BCUT2D eigenvalue weighted by Crippen LogP contribution is -1.95. The van der Waals surface area contributed by atoms with Gasteiger partial charge in [0, 0.05) is 23.9 Å². The van der Waals surface area contributed by atoms with E-state index >= 15 is 0 Å². The van der Waals surface area contributed by atoms with Crippen LogP contribution in [-0.2, 0) is 0 Å². The van der Waals surface area contributed by atoms with E-state index in [0.717, 1.165) is 6.07 Å². The highest BCUT2D eigenvalue weighted by Crippen LogP contribution is 2.12. The molecule has 2 nitrogen and oxygen atoms in total. The monoisotopic (exact) mass is 220 g/mol. The standard InChI is InChI=1S/C12H8F2NO/c13-10-5-9(6-11(14)7-10)8-16-12-3-1-2-4-15-12/h1-8H. The van der Waals surface area contributed by atoms with Gasteiger partial charge in [-0.2, -0.15) is 0 Å². The number of pyridine rings is 1. The van der Waals surface area contributed by atoms with Gasteiger partial charge < -0.3 is 4.74 Å². The zero-order valence-corrected chi connectivity index (χ0v) is 8.23. The molecule has 2 rings (SSSR count). The summed E-state index contributed by atoms with van der Waals surface area (Å²) in [6, 6.07) is 8.29. The normalized spacial score (nSPS) is 10.1. The number of hydrogen-bond acceptors (Lipinski definition) is 2. The van der Waals surface area contributed by atoms with Crippen LogP contribution in [0.15, 0.2) is 42.6 Å². The third-order valence-corrected chi connectivity index (χ3v) is 1.84. The van der Waals surface area contributed by atoms with Crippen LogP contribution in [0, 0.1) is 18.2 Å². The minimum absolute atomic E-state index is 0.308. The Labute approximate surface area is 91.5 Å². The van der Waals surface area contributed by atoms with Crippen LogP contribution >= 0.6 is 0 Å². The average Bonchev–Trinajstić information content (AvgIpc) is 2.27. The topological polar surface area (TPSA) is 22.1 Å². The molecular weight excluding hydrogens is 212 g/mol. The average molecular weight is 220 g/mol. The van der Waals surface area contributed by atoms with Crippen molar-refractivity contribution in [1.82, 2.24) is 4.98 Å². The quantitative estimate of drug-likeness (QED) is 0.793. The van der Waals surface area contributed by atoms with Gasteiger partial charge >= 0.3 is 0 Å². The van der Waals surface area contributed by atoms with Gasteiger partial charge in [0.2, 0.25) is 5.88 Å². The van der Waals surface area contributed by atoms with Gasteiger partial charge in [0.15, 0.2) is 6.61 Å². The first-order chi connectivity index (χ1) is 7.74. The molecule has 0 bridgehead atoms. The van der Waals surface area contributed by atoms with Crippen molar-refractivity contribution < 1.29 is 13.5 Å². The number of hydrogen-bond donors (Lipinski definition) is 0. The van der Waals surface area contributed by atoms with E-state index in [0.29, 0.717) is 11.4 Å². The van der Waals surface area contributed by atoms with Crippen LogP contribution in [0.2, 0.25) is 0 Å². The Morgan fingerprint density at radius 3 is 2.44 bits per heavy atom. The first-order valence-electron chi connectivity index (χ1n) is 4.61. The van der Waals surface area contributed by atoms with Crippen LogP contribution < -0.4 is 4.74 Å². The van der Waals surface area contributed by atoms with Crippen LogP contribution in [0.5, 0.6) is 5.88 Å². The molecule has 0 amide bonds. The summed E-state index contributed by atoms with van der Waals surface area (Å²) in [7, 11) is 0. The van der Waals surface area contributed by atoms with E-state index in [-0.39, 0.29) is 0 Å². The second-order valence-electron chi connectivity index (χ2n) is 3.11. The first-order valence-corrected chi connectivity index (χ1v) is 4.61. The minimum atomic E-state index is -0.643. The summed E-state index contributed by atoms with van der Waals surface area (Å²) in [6.07, 6.45) is 1.56. The SMILES string of the molecule is Fc1cc(F)cc([CH]Oc2ccccn2)c1. The van der Waals surface area contributed by atoms with Crippen LogP contribution in [0.3, 0.4) is 0 Å². The van der Waals surface area contributed by atoms with E-state index in [1.54, 1.807) is 24.4 Å². The van der Waals surface area contributed by atoms with Crippen molar-refractivity contribution in [2.75, 3.05) is 0 Å². The number of benzene rings is 1. The summed E-state index contributed by atoms with van der Waals surface area (Å²) in [6.45, 7) is 1.24. The van der Waals surface area contributed by atoms with Gasteiger partial charge in [0.25, 0.3) is 0 Å². The molecule has 0 saturated carbocycles. The van der Waals surface area contributed by atoms with Gasteiger partial charge in [-0.1, -0.05) is 6.07 Å². The van der Waals surface area contributed by atoms with Crippen molar-refractivity contribution in [3.63, 3.8) is 0 Å². The lowest BCUT2D eigenvalue weighted by atomic mass is 10.2. The summed E-state index contributed by atoms with van der Waals surface area (Å²) in [5.41, 5.74) is 0.308. The Bertz CT molecular complexity index is 453. The summed E-state index contributed by atoms with van der Waals surface area (Å²) >= 11 is 0. The van der Waals surface area contributed by atoms with E-state index < -0.39 is 11.6 Å². The smallest absolute Gasteiger partial charge is 0.213 e. The van der Waals surface area contributed by atoms with Crippen LogP contribution in [0.1, 0.15) is 5.56 Å². The molecule has 0 fully saturated rings. The zero-order valence-electron chi connectivity index (χ0n) is 8.23. The fourth-order valence-electron chi connectivity index (χ4n) is 1.19. The van der Waals surface area contributed by atoms with E-state index in [4.69, 9.17) is 4.74 Å². The maximum atomic E-state index is 12.8. The Kier molecular flexibility index (Phi) is 3.10. The third-order valence-electron chi connectivity index (χ3n) is 1.84. The lowest BCUT2D eigenvalue weighted by Gasteiger charge is -2.03. The fourth-order valence-corrected chi connectivity index (χ4v) is 1.19. The molecule has 1 radical (unpaired) electrons. The molecule has 4 heteroatoms. The molecule has 0 spiro atoms. The largest absolute Gasteiger partial charge is 0.465 e. The van der Waals surface area contributed by atoms with Gasteiger partial charge in [-0.25, -0.2) is 13.8 Å². The maximum Gasteiger partial charge on any atom is 0.213 e. The zero-order chi connectivity index (χ0) is 11.4. The Balaban J connectivity index is 2.05. The Morgan fingerprint density at radius 1 is 1.06 bits per heavy atom. The summed E-state index contributed by atoms with van der Waals surface area (Å²) in [4.78, 5) is 3.90. The second-order valence-corrected chi connectivity index (χ2v) is 3.11. The van der Waals surface area contributed by atoms with Crippen molar-refractivity contribution in [2.45, 2.75) is 0 Å². The van der Waals surface area contributed by atoms with Crippen molar-refractivity contribution >= 4 is 0 Å². The molecule has 16 heavy (non-hydrogen) atoms. The molecule has 0 aliphatic carbocycles. The summed E-state index contributed by atoms with van der Waals surface area (Å²) in [5.74, 6) is -0.918. The van der Waals surface area contributed by atoms with Crippen molar-refractivity contribution in [1.29, 1.82) is 0 Å². The lowest BCUT2D eigenvalue weighted by molar-refractivity contribution is 0.409. The maximum absolute atomic E-state index is 12.8. The fraction of sp³-hybridized carbons (Fsp3) is 0. The highest BCUT2D eigenvalue weighted by Gasteiger charge is 2.02. The first kappa shape index (κ1) is 10.5. The van der Waals surface area contributed by atoms with Gasteiger partial charge in [0.05, 0.1) is 0 Å². The molecule has 1 heterocycles. The van der Waals surface area contributed by atoms with E-state index in [1.807, 2.05) is 0 Å². The van der Waals surface area contributed by atoms with Crippen LogP contribution in [0.25, 0.3) is 0 Å². The molecule has 0 aliphatic heterocycles. The molecule has 2 aromatic rings. The highest BCUT2D eigenvalue weighted by atomic mass is 19.1. The minimum Gasteiger partial charge on any atom is -0.465 e. The molecule has 0 N–H and O–H groups in total. The molecule has 1 aromatic heterocycles. The molecule has 0 unspecified atom stereocenters. The number of rotatable bonds is 3. The van der Waals surface area contributed by atoms with Gasteiger partial charge in [0.1, 0.15) is 11.6 Å². The van der Waals surface area contributed by atoms with Crippen molar-refractivity contribution in [3.05, 3.63) is 66.4 Å². The van der Waals surface area contributed by atoms with Crippen molar-refractivity contribution in [3.8, 4) is 5.88 Å². The van der Waals surface area contributed by atoms with E-state index in [1.165, 1.54) is 18.7 Å². The molecular formula is C12H8F2NO. The van der Waals surface area contributed by atoms with Gasteiger partial charge in [-0.05, 0) is 18.2 Å². The molecule has 1 aromatic carbocycles. The predicted octanol–water partition coefficient (Wildman–Crippen LogP) is 2.95. The molecule has 0 saturated heterocycles. The third kappa shape index (κ3) is 2.76. The molecule has 0 atom stereocenters. The number of halogens is 2. The number of aromatic nitrogens is 1. The van der Waals surface area contributed by atoms with Crippen molar-refractivity contribution in [2.24, 2.45) is 0 Å². The Hall–Kier alpha value is -1.97.